The molecular formula is C26H55N9O3. The van der Waals surface area contributed by atoms with Gasteiger partial charge in [0.2, 0.25) is 5.91 Å². The quantitative estimate of drug-likeness (QED) is 0.0508. The molecular weight excluding hydrogens is 486 g/mol. The summed E-state index contributed by atoms with van der Waals surface area (Å²) in [6.07, 6.45) is 11.7. The molecule has 222 valence electrons. The highest BCUT2D eigenvalue weighted by Crippen LogP contribution is 2.24. The number of nitrogens with two attached hydrogens (primary N) is 4. The molecule has 0 aliphatic carbocycles. The van der Waals surface area contributed by atoms with Gasteiger partial charge in [0.05, 0.1) is 6.04 Å². The van der Waals surface area contributed by atoms with E-state index in [1.165, 1.54) is 6.42 Å². The highest BCUT2D eigenvalue weighted by atomic mass is 16.8. The molecule has 12 nitrogen and oxygen atoms in total. The second-order valence-corrected chi connectivity index (χ2v) is 10.2. The van der Waals surface area contributed by atoms with Crippen LogP contribution >= 0.6 is 0 Å². The average Bonchev–Trinajstić information content (AvgIpc) is 3.52. The summed E-state index contributed by atoms with van der Waals surface area (Å²) in [5.41, 5.74) is 24.7. The largest absolute Gasteiger partial charge is 0.370 e. The number of amides is 1. The first-order chi connectivity index (χ1) is 18.2. The predicted molar refractivity (Wildman–Crippen MR) is 153 cm³/mol. The predicted octanol–water partition coefficient (Wildman–Crippen LogP) is 0.878. The molecule has 2 aliphatic heterocycles. The Hall–Kier alpha value is -1.80. The summed E-state index contributed by atoms with van der Waals surface area (Å²) in [4.78, 5) is 29.7. The van der Waals surface area contributed by atoms with Gasteiger partial charge in [0, 0.05) is 31.7 Å². The lowest BCUT2D eigenvalue weighted by molar-refractivity contribution is -0.292. The number of hydrogen-bond donors (Lipinski definition) is 6. The van der Waals surface area contributed by atoms with E-state index in [1.807, 2.05) is 12.0 Å². The molecule has 2 saturated heterocycles. The van der Waals surface area contributed by atoms with Crippen LogP contribution in [0.5, 0.6) is 0 Å². The van der Waals surface area contributed by atoms with E-state index in [0.29, 0.717) is 19.5 Å². The SMILES string of the molecule is C=CC(CCCCN)NC(=O)C(N)CC.CC(CCCN=C(N)N)NOC1CCCN1OC1CCCN1C. The Morgan fingerprint density at radius 1 is 1.16 bits per heavy atom. The van der Waals surface area contributed by atoms with Crippen molar-refractivity contribution in [1.82, 2.24) is 20.8 Å². The van der Waals surface area contributed by atoms with Crippen molar-refractivity contribution in [3.05, 3.63) is 12.7 Å². The van der Waals surface area contributed by atoms with Gasteiger partial charge in [-0.2, -0.15) is 10.5 Å². The van der Waals surface area contributed by atoms with Crippen LogP contribution in [0.15, 0.2) is 17.6 Å². The molecule has 0 bridgehead atoms. The van der Waals surface area contributed by atoms with Crippen LogP contribution in [0.4, 0.5) is 0 Å². The highest BCUT2D eigenvalue weighted by molar-refractivity contribution is 5.81. The number of carbonyl (C=O) groups excluding carboxylic acids is 1. The van der Waals surface area contributed by atoms with E-state index >= 15 is 0 Å². The van der Waals surface area contributed by atoms with E-state index in [2.05, 4.69) is 41.2 Å². The molecule has 12 heteroatoms. The smallest absolute Gasteiger partial charge is 0.237 e. The second-order valence-electron chi connectivity index (χ2n) is 10.2. The van der Waals surface area contributed by atoms with Crippen LogP contribution in [0.1, 0.15) is 78.1 Å². The summed E-state index contributed by atoms with van der Waals surface area (Å²) >= 11 is 0. The fraction of sp³-hybridized carbons (Fsp3) is 0.846. The van der Waals surface area contributed by atoms with Gasteiger partial charge >= 0.3 is 0 Å². The standard InChI is InChI=1S/C15H32N6O2.C11H23N3O/c1-12(6-3-9-18-15(16)17)19-22-14-8-5-11-21(14)23-13-7-4-10-20(13)2;1-3-9(7-5-6-8-12)14-11(15)10(13)4-2/h12-14,19H,3-11H2,1-2H3,(H4,16,17,18);3,9-10H,1,4-8,12-13H2,2H3,(H,14,15). The van der Waals surface area contributed by atoms with Crippen LogP contribution in [-0.4, -0.2) is 85.6 Å². The number of carbonyl (C=O) groups is 1. The molecule has 0 radical (unpaired) electrons. The van der Waals surface area contributed by atoms with Crippen molar-refractivity contribution in [2.24, 2.45) is 27.9 Å². The summed E-state index contributed by atoms with van der Waals surface area (Å²) < 4.78 is 0. The third kappa shape index (κ3) is 14.4. The van der Waals surface area contributed by atoms with Gasteiger partial charge in [-0.3, -0.25) is 24.4 Å². The Morgan fingerprint density at radius 3 is 2.47 bits per heavy atom. The summed E-state index contributed by atoms with van der Waals surface area (Å²) in [7, 11) is 2.11. The average molecular weight is 542 g/mol. The third-order valence-electron chi connectivity index (χ3n) is 6.71. The number of rotatable bonds is 17. The molecule has 0 aromatic carbocycles. The molecule has 2 fully saturated rings. The number of unbranched alkanes of at least 4 members (excludes halogenated alkanes) is 1. The molecule has 10 N–H and O–H groups in total. The van der Waals surface area contributed by atoms with Gasteiger partial charge in [-0.1, -0.05) is 13.0 Å². The Kier molecular flexibility index (Phi) is 18.2. The molecule has 2 aliphatic rings. The molecule has 2 rings (SSSR count). The van der Waals surface area contributed by atoms with E-state index < -0.39 is 6.04 Å². The number of aliphatic imine (C=N–C) groups is 1. The monoisotopic (exact) mass is 541 g/mol. The molecule has 0 spiro atoms. The first-order valence-corrected chi connectivity index (χ1v) is 14.2. The van der Waals surface area contributed by atoms with Crippen LogP contribution < -0.4 is 33.7 Å². The van der Waals surface area contributed by atoms with E-state index in [-0.39, 0.29) is 36.4 Å². The number of likely N-dealkylation sites (tertiary alicyclic amines) is 1. The summed E-state index contributed by atoms with van der Waals surface area (Å²) in [6.45, 7) is 11.1. The molecule has 5 atom stereocenters. The highest BCUT2D eigenvalue weighted by Gasteiger charge is 2.32. The fourth-order valence-corrected chi connectivity index (χ4v) is 4.21. The molecule has 0 aromatic rings. The Bertz CT molecular complexity index is 678. The van der Waals surface area contributed by atoms with Gasteiger partial charge in [-0.15, -0.1) is 6.58 Å². The summed E-state index contributed by atoms with van der Waals surface area (Å²) in [6, 6.07) is -0.149. The number of nitrogens with zero attached hydrogens (tertiary/aromatic N) is 3. The van der Waals surface area contributed by atoms with Gasteiger partial charge < -0.3 is 28.3 Å². The summed E-state index contributed by atoms with van der Waals surface area (Å²) in [5, 5.41) is 4.85. The van der Waals surface area contributed by atoms with Crippen LogP contribution in [-0.2, 0) is 14.5 Å². The van der Waals surface area contributed by atoms with Crippen molar-refractivity contribution in [2.45, 2.75) is 109 Å². The van der Waals surface area contributed by atoms with Crippen LogP contribution in [0.3, 0.4) is 0 Å². The molecule has 5 unspecified atom stereocenters. The van der Waals surface area contributed by atoms with Crippen LogP contribution in [0.25, 0.3) is 0 Å². The lowest BCUT2D eigenvalue weighted by atomic mass is 10.1. The number of nitrogens with one attached hydrogen (secondary N) is 2. The lowest BCUT2D eigenvalue weighted by Crippen LogP contribution is -2.44. The van der Waals surface area contributed by atoms with E-state index in [4.69, 9.17) is 32.6 Å². The van der Waals surface area contributed by atoms with E-state index in [0.717, 1.165) is 64.5 Å². The number of guanidine groups is 1. The minimum Gasteiger partial charge on any atom is -0.370 e. The van der Waals surface area contributed by atoms with Crippen molar-refractivity contribution in [3.63, 3.8) is 0 Å². The summed E-state index contributed by atoms with van der Waals surface area (Å²) in [5.74, 6) is 0.0487. The maximum atomic E-state index is 11.5. The van der Waals surface area contributed by atoms with E-state index in [9.17, 15) is 4.79 Å². The van der Waals surface area contributed by atoms with Gasteiger partial charge in [0.25, 0.3) is 0 Å². The van der Waals surface area contributed by atoms with Gasteiger partial charge in [-0.25, -0.2) is 0 Å². The lowest BCUT2D eigenvalue weighted by Gasteiger charge is -2.30. The normalized spacial score (nSPS) is 22.2. The zero-order valence-electron chi connectivity index (χ0n) is 23.9. The van der Waals surface area contributed by atoms with Crippen LogP contribution in [0.2, 0.25) is 0 Å². The molecule has 1 amide bonds. The van der Waals surface area contributed by atoms with E-state index in [1.54, 1.807) is 6.08 Å². The van der Waals surface area contributed by atoms with Gasteiger partial charge in [-0.05, 0) is 84.7 Å². The molecule has 38 heavy (non-hydrogen) atoms. The Morgan fingerprint density at radius 2 is 1.87 bits per heavy atom. The third-order valence-corrected chi connectivity index (χ3v) is 6.71. The maximum Gasteiger partial charge on any atom is 0.237 e. The van der Waals surface area contributed by atoms with Crippen molar-refractivity contribution in [1.29, 1.82) is 0 Å². The van der Waals surface area contributed by atoms with Gasteiger partial charge in [0.1, 0.15) is 6.23 Å². The first-order valence-electron chi connectivity index (χ1n) is 14.2. The maximum absolute atomic E-state index is 11.5. The zero-order valence-corrected chi connectivity index (χ0v) is 23.9. The van der Waals surface area contributed by atoms with Crippen molar-refractivity contribution < 1.29 is 14.5 Å². The van der Waals surface area contributed by atoms with Crippen molar-refractivity contribution >= 4 is 11.9 Å². The molecule has 0 saturated carbocycles. The Labute approximate surface area is 229 Å². The van der Waals surface area contributed by atoms with Crippen molar-refractivity contribution in [2.75, 3.05) is 33.2 Å². The van der Waals surface area contributed by atoms with Gasteiger partial charge in [0.15, 0.2) is 12.2 Å². The number of hydroxylamine groups is 3. The van der Waals surface area contributed by atoms with Crippen molar-refractivity contribution in [3.8, 4) is 0 Å². The fourth-order valence-electron chi connectivity index (χ4n) is 4.21. The first kappa shape index (κ1) is 34.2. The minimum absolute atomic E-state index is 0.0100. The Balaban J connectivity index is 0.000000420. The second kappa shape index (κ2) is 20.2. The van der Waals surface area contributed by atoms with Crippen LogP contribution in [0, 0.1) is 0 Å². The molecule has 0 aromatic heterocycles. The number of hydrogen-bond acceptors (Lipinski definition) is 9. The molecule has 2 heterocycles. The zero-order chi connectivity index (χ0) is 28.3. The minimum atomic E-state index is -0.415. The topological polar surface area (TPSA) is 183 Å².